The van der Waals surface area contributed by atoms with E-state index in [0.29, 0.717) is 15.1 Å². The molecule has 2 rings (SSSR count). The minimum absolute atomic E-state index is 0. The lowest BCUT2D eigenvalue weighted by molar-refractivity contribution is 0.767. The molecule has 4 nitrogen and oxygen atoms in total. The van der Waals surface area contributed by atoms with Crippen LogP contribution in [0.15, 0.2) is 14.6 Å². The van der Waals surface area contributed by atoms with Gasteiger partial charge in [0.2, 0.25) is 0 Å². The van der Waals surface area contributed by atoms with Gasteiger partial charge in [0, 0.05) is 17.1 Å². The van der Waals surface area contributed by atoms with Crippen LogP contribution in [-0.4, -0.2) is 9.38 Å². The quantitative estimate of drug-likeness (QED) is 0.875. The maximum absolute atomic E-state index is 12.0. The van der Waals surface area contributed by atoms with Crippen LogP contribution >= 0.6 is 39.7 Å². The first kappa shape index (κ1) is 13.6. The van der Waals surface area contributed by atoms with Gasteiger partial charge >= 0.3 is 0 Å². The van der Waals surface area contributed by atoms with Gasteiger partial charge in [0.15, 0.2) is 4.96 Å². The summed E-state index contributed by atoms with van der Waals surface area (Å²) in [5, 5.41) is 1.90. The van der Waals surface area contributed by atoms with Gasteiger partial charge in [-0.15, -0.1) is 23.7 Å². The van der Waals surface area contributed by atoms with Gasteiger partial charge in [-0.2, -0.15) is 0 Å². The van der Waals surface area contributed by atoms with E-state index in [4.69, 9.17) is 5.73 Å². The number of aryl methyl sites for hydroxylation is 1. The molecule has 0 fully saturated rings. The van der Waals surface area contributed by atoms with Crippen molar-refractivity contribution >= 4 is 44.6 Å². The van der Waals surface area contributed by atoms with Gasteiger partial charge in [-0.05, 0) is 29.8 Å². The number of nitrogens with two attached hydrogens (primary N) is 1. The van der Waals surface area contributed by atoms with E-state index in [1.165, 1.54) is 11.3 Å². The maximum atomic E-state index is 12.0. The van der Waals surface area contributed by atoms with E-state index in [1.54, 1.807) is 4.40 Å². The molecule has 0 aliphatic heterocycles. The molecule has 0 aliphatic carbocycles. The molecular formula is C9H11BrClN3OS. The number of hydrogen-bond acceptors (Lipinski definition) is 4. The van der Waals surface area contributed by atoms with Crippen LogP contribution in [0.4, 0.5) is 0 Å². The average molecular weight is 325 g/mol. The van der Waals surface area contributed by atoms with Gasteiger partial charge in [0.25, 0.3) is 5.56 Å². The normalized spacial score (nSPS) is 12.5. The first-order valence-corrected chi connectivity index (χ1v) is 6.11. The molecule has 0 aliphatic rings. The summed E-state index contributed by atoms with van der Waals surface area (Å²) < 4.78 is 2.04. The second-order valence-corrected chi connectivity index (χ2v) is 5.03. The van der Waals surface area contributed by atoms with E-state index >= 15 is 0 Å². The second kappa shape index (κ2) is 4.83. The van der Waals surface area contributed by atoms with E-state index < -0.39 is 0 Å². The van der Waals surface area contributed by atoms with Crippen LogP contribution in [0.1, 0.15) is 24.4 Å². The highest BCUT2D eigenvalue weighted by Gasteiger charge is 2.15. The molecule has 0 amide bonds. The van der Waals surface area contributed by atoms with Gasteiger partial charge < -0.3 is 5.73 Å². The zero-order valence-electron chi connectivity index (χ0n) is 8.73. The highest BCUT2D eigenvalue weighted by atomic mass is 79.9. The minimum Gasteiger partial charge on any atom is -0.323 e. The van der Waals surface area contributed by atoms with E-state index in [2.05, 4.69) is 20.9 Å². The molecule has 2 N–H and O–H groups in total. The van der Waals surface area contributed by atoms with Gasteiger partial charge in [0.1, 0.15) is 4.47 Å². The number of hydrogen-bond donors (Lipinski definition) is 1. The lowest BCUT2D eigenvalue weighted by Crippen LogP contribution is -2.21. The third-order valence-electron chi connectivity index (χ3n) is 2.14. The van der Waals surface area contributed by atoms with Crippen molar-refractivity contribution in [1.29, 1.82) is 0 Å². The van der Waals surface area contributed by atoms with Gasteiger partial charge in [0.05, 0.1) is 5.69 Å². The summed E-state index contributed by atoms with van der Waals surface area (Å²) in [4.78, 5) is 17.0. The third kappa shape index (κ3) is 2.02. The van der Waals surface area contributed by atoms with Crippen LogP contribution in [0.5, 0.6) is 0 Å². The molecule has 0 aromatic carbocycles. The number of halogens is 2. The van der Waals surface area contributed by atoms with E-state index in [1.807, 2.05) is 19.2 Å². The van der Waals surface area contributed by atoms with Crippen LogP contribution in [0, 0.1) is 6.92 Å². The van der Waals surface area contributed by atoms with Gasteiger partial charge in [-0.1, -0.05) is 0 Å². The standard InChI is InChI=1S/C9H10BrN3OS.ClH/c1-4-3-15-9-12-7(5(2)11)6(10)8(14)13(4)9;/h3,5H,11H2,1-2H3;1H. The summed E-state index contributed by atoms with van der Waals surface area (Å²) >= 11 is 4.69. The molecule has 0 saturated heterocycles. The Hall–Kier alpha value is -0.430. The zero-order chi connectivity index (χ0) is 11.2. The van der Waals surface area contributed by atoms with Crippen molar-refractivity contribution in [3.05, 3.63) is 31.6 Å². The highest BCUT2D eigenvalue weighted by molar-refractivity contribution is 9.10. The number of thiazole rings is 1. The molecular weight excluding hydrogens is 314 g/mol. The van der Waals surface area contributed by atoms with Crippen molar-refractivity contribution < 1.29 is 0 Å². The number of fused-ring (bicyclic) bond motifs is 1. The van der Waals surface area contributed by atoms with Crippen molar-refractivity contribution in [3.8, 4) is 0 Å². The lowest BCUT2D eigenvalue weighted by atomic mass is 10.2. The smallest absolute Gasteiger partial charge is 0.273 e. The molecule has 1 atom stereocenters. The summed E-state index contributed by atoms with van der Waals surface area (Å²) in [6.07, 6.45) is 0. The number of rotatable bonds is 1. The Morgan fingerprint density at radius 1 is 1.62 bits per heavy atom. The Balaban J connectivity index is 0.00000128. The Labute approximate surface area is 111 Å². The fraction of sp³-hybridized carbons (Fsp3) is 0.333. The summed E-state index contributed by atoms with van der Waals surface area (Å²) in [5.41, 5.74) is 7.16. The van der Waals surface area contributed by atoms with Crippen LogP contribution < -0.4 is 11.3 Å². The van der Waals surface area contributed by atoms with Crippen LogP contribution in [0.2, 0.25) is 0 Å². The van der Waals surface area contributed by atoms with Gasteiger partial charge in [-0.25, -0.2) is 4.98 Å². The predicted octanol–water partition coefficient (Wildman–Crippen LogP) is 2.27. The molecule has 0 spiro atoms. The molecule has 1 unspecified atom stereocenters. The van der Waals surface area contributed by atoms with Crippen LogP contribution in [0.25, 0.3) is 4.96 Å². The average Bonchev–Trinajstić information content (AvgIpc) is 2.53. The summed E-state index contributed by atoms with van der Waals surface area (Å²) in [6.45, 7) is 3.69. The molecule has 0 bridgehead atoms. The summed E-state index contributed by atoms with van der Waals surface area (Å²) in [7, 11) is 0. The summed E-state index contributed by atoms with van der Waals surface area (Å²) in [6, 6.07) is -0.250. The Bertz CT molecular complexity index is 578. The molecule has 2 aromatic heterocycles. The first-order chi connectivity index (χ1) is 7.02. The van der Waals surface area contributed by atoms with Crippen molar-refractivity contribution in [2.24, 2.45) is 5.73 Å². The topological polar surface area (TPSA) is 60.4 Å². The molecule has 2 heterocycles. The molecule has 0 radical (unpaired) electrons. The molecule has 7 heteroatoms. The SMILES string of the molecule is Cc1csc2nc(C(C)N)c(Br)c(=O)n12.Cl. The van der Waals surface area contributed by atoms with Crippen molar-refractivity contribution in [2.75, 3.05) is 0 Å². The monoisotopic (exact) mass is 323 g/mol. The largest absolute Gasteiger partial charge is 0.323 e. The minimum atomic E-state index is -0.250. The Kier molecular flexibility index (Phi) is 4.12. The molecule has 88 valence electrons. The second-order valence-electron chi connectivity index (χ2n) is 3.40. The van der Waals surface area contributed by atoms with Crippen molar-refractivity contribution in [2.45, 2.75) is 19.9 Å². The Morgan fingerprint density at radius 3 is 2.81 bits per heavy atom. The predicted molar refractivity (Wildman–Crippen MR) is 71.6 cm³/mol. The van der Waals surface area contributed by atoms with Crippen molar-refractivity contribution in [3.63, 3.8) is 0 Å². The van der Waals surface area contributed by atoms with Crippen molar-refractivity contribution in [1.82, 2.24) is 9.38 Å². The van der Waals surface area contributed by atoms with E-state index in [0.717, 1.165) is 5.69 Å². The lowest BCUT2D eigenvalue weighted by Gasteiger charge is -2.07. The molecule has 16 heavy (non-hydrogen) atoms. The number of aromatic nitrogens is 2. The number of nitrogens with zero attached hydrogens (tertiary/aromatic N) is 2. The van der Waals surface area contributed by atoms with Crippen LogP contribution in [-0.2, 0) is 0 Å². The van der Waals surface area contributed by atoms with E-state index in [9.17, 15) is 4.79 Å². The molecule has 2 aromatic rings. The fourth-order valence-corrected chi connectivity index (χ4v) is 2.87. The Morgan fingerprint density at radius 2 is 2.25 bits per heavy atom. The zero-order valence-corrected chi connectivity index (χ0v) is 11.9. The van der Waals surface area contributed by atoms with E-state index in [-0.39, 0.29) is 24.0 Å². The maximum Gasteiger partial charge on any atom is 0.273 e. The molecule has 0 saturated carbocycles. The summed E-state index contributed by atoms with van der Waals surface area (Å²) in [5.74, 6) is 0. The fourth-order valence-electron chi connectivity index (χ4n) is 1.38. The van der Waals surface area contributed by atoms with Crippen LogP contribution in [0.3, 0.4) is 0 Å². The van der Waals surface area contributed by atoms with Gasteiger partial charge in [-0.3, -0.25) is 9.20 Å². The first-order valence-electron chi connectivity index (χ1n) is 4.44. The highest BCUT2D eigenvalue weighted by Crippen LogP contribution is 2.20. The third-order valence-corrected chi connectivity index (χ3v) is 3.83.